The summed E-state index contributed by atoms with van der Waals surface area (Å²) in [5, 5.41) is 3.27. The summed E-state index contributed by atoms with van der Waals surface area (Å²) in [7, 11) is 0. The van der Waals surface area contributed by atoms with Crippen molar-refractivity contribution in [2.75, 3.05) is 19.7 Å². The molecule has 1 heterocycles. The fourth-order valence-corrected chi connectivity index (χ4v) is 2.08. The topological polar surface area (TPSA) is 35.2 Å². The molecule has 0 radical (unpaired) electrons. The van der Waals surface area contributed by atoms with Crippen LogP contribution in [0.1, 0.15) is 24.3 Å². The number of nitrogens with one attached hydrogen (secondary N) is 2. The van der Waals surface area contributed by atoms with Gasteiger partial charge in [0, 0.05) is 0 Å². The van der Waals surface area contributed by atoms with Crippen molar-refractivity contribution in [3.63, 3.8) is 0 Å². The van der Waals surface area contributed by atoms with Crippen molar-refractivity contribution in [1.29, 1.82) is 0 Å². The molecule has 16 heavy (non-hydrogen) atoms. The molecule has 1 aliphatic heterocycles. The van der Waals surface area contributed by atoms with Crippen molar-refractivity contribution in [3.05, 3.63) is 29.8 Å². The Morgan fingerprint density at radius 1 is 1.31 bits per heavy atom. The highest BCUT2D eigenvalue weighted by atomic mass is 16.5. The Hall–Kier alpha value is -1.51. The van der Waals surface area contributed by atoms with Gasteiger partial charge in [0.15, 0.2) is 6.61 Å². The Kier molecular flexibility index (Phi) is 2.52. The Labute approximate surface area is 95.5 Å². The van der Waals surface area contributed by atoms with E-state index in [1.54, 1.807) is 0 Å². The second-order valence-electron chi connectivity index (χ2n) is 4.43. The van der Waals surface area contributed by atoms with Crippen molar-refractivity contribution in [2.24, 2.45) is 0 Å². The Morgan fingerprint density at radius 2 is 2.19 bits per heavy atom. The first-order valence-corrected chi connectivity index (χ1v) is 5.99. The minimum absolute atomic E-state index is 0.629. The molecular formula is C13H17N2O+. The van der Waals surface area contributed by atoms with E-state index < -0.39 is 0 Å². The quantitative estimate of drug-likeness (QED) is 0.746. The molecule has 3 rings (SSSR count). The second-order valence-corrected chi connectivity index (χ2v) is 4.43. The number of para-hydroxylation sites is 1. The van der Waals surface area contributed by atoms with Crippen LogP contribution >= 0.6 is 0 Å². The summed E-state index contributed by atoms with van der Waals surface area (Å²) < 4.78 is 5.86. The van der Waals surface area contributed by atoms with Gasteiger partial charge in [-0.15, -0.1) is 0 Å². The minimum Gasteiger partial charge on any atom is -0.481 e. The largest absolute Gasteiger partial charge is 0.481 e. The van der Waals surface area contributed by atoms with Gasteiger partial charge in [-0.3, -0.25) is 10.3 Å². The monoisotopic (exact) mass is 217 g/mol. The van der Waals surface area contributed by atoms with Crippen LogP contribution in [-0.2, 0) is 0 Å². The lowest BCUT2D eigenvalue weighted by atomic mass is 10.1. The molecule has 2 N–H and O–H groups in total. The first-order chi connectivity index (χ1) is 7.93. The van der Waals surface area contributed by atoms with Crippen LogP contribution in [0.4, 0.5) is 0 Å². The molecule has 2 aliphatic rings. The fourth-order valence-electron chi connectivity index (χ4n) is 2.08. The first kappa shape index (κ1) is 9.70. The Bertz CT molecular complexity index is 410. The maximum absolute atomic E-state index is 5.86. The third-order valence-corrected chi connectivity index (χ3v) is 3.11. The highest BCUT2D eigenvalue weighted by molar-refractivity contribution is 5.78. The predicted molar refractivity (Wildman–Crippen MR) is 62.8 cm³/mol. The fraction of sp³-hybridized carbons (Fsp3) is 0.462. The molecule has 1 aliphatic carbocycles. The standard InChI is InChI=1S/C13H16N2O/c1-2-4-12(11(3-1)10-5-6-10)16-9-13-14-7-8-15-13/h1-4,10H,5-9H2,(H,14,15)/p+1. The molecule has 1 fully saturated rings. The van der Waals surface area contributed by atoms with Gasteiger partial charge in [-0.05, 0) is 30.4 Å². The van der Waals surface area contributed by atoms with Gasteiger partial charge in [0.05, 0.1) is 0 Å². The van der Waals surface area contributed by atoms with Gasteiger partial charge in [-0.2, -0.15) is 0 Å². The predicted octanol–water partition coefficient (Wildman–Crippen LogP) is 0.0251. The summed E-state index contributed by atoms with van der Waals surface area (Å²) in [6.07, 6.45) is 2.63. The summed E-state index contributed by atoms with van der Waals surface area (Å²) >= 11 is 0. The Balaban J connectivity index is 1.68. The number of hydrogen-bond donors (Lipinski definition) is 2. The summed E-state index contributed by atoms with van der Waals surface area (Å²) in [4.78, 5) is 3.27. The highest BCUT2D eigenvalue weighted by Crippen LogP contribution is 2.44. The normalized spacial score (nSPS) is 19.1. The highest BCUT2D eigenvalue weighted by Gasteiger charge is 2.26. The number of hydrogen-bond acceptors (Lipinski definition) is 2. The van der Waals surface area contributed by atoms with Crippen LogP contribution in [0, 0.1) is 0 Å². The van der Waals surface area contributed by atoms with Gasteiger partial charge in [0.25, 0.3) is 5.84 Å². The average Bonchev–Trinajstić information content (AvgIpc) is 3.04. The van der Waals surface area contributed by atoms with Crippen molar-refractivity contribution in [3.8, 4) is 5.75 Å². The zero-order valence-electron chi connectivity index (χ0n) is 9.33. The van der Waals surface area contributed by atoms with Crippen molar-refractivity contribution < 1.29 is 9.73 Å². The first-order valence-electron chi connectivity index (χ1n) is 5.99. The molecule has 0 amide bonds. The van der Waals surface area contributed by atoms with Gasteiger partial charge in [0.2, 0.25) is 0 Å². The van der Waals surface area contributed by atoms with E-state index in [4.69, 9.17) is 4.74 Å². The molecule has 1 aromatic carbocycles. The van der Waals surface area contributed by atoms with Crippen LogP contribution in [-0.4, -0.2) is 25.5 Å². The van der Waals surface area contributed by atoms with Gasteiger partial charge in [0.1, 0.15) is 18.8 Å². The number of rotatable bonds is 4. The third kappa shape index (κ3) is 2.03. The summed E-state index contributed by atoms with van der Waals surface area (Å²) in [6.45, 7) is 2.63. The van der Waals surface area contributed by atoms with Crippen molar-refractivity contribution in [1.82, 2.24) is 5.32 Å². The lowest BCUT2D eigenvalue weighted by Gasteiger charge is -2.08. The second kappa shape index (κ2) is 4.16. The van der Waals surface area contributed by atoms with Crippen molar-refractivity contribution in [2.45, 2.75) is 18.8 Å². The van der Waals surface area contributed by atoms with E-state index in [-0.39, 0.29) is 0 Å². The van der Waals surface area contributed by atoms with Crippen LogP contribution < -0.4 is 15.0 Å². The van der Waals surface area contributed by atoms with E-state index >= 15 is 0 Å². The zero-order chi connectivity index (χ0) is 10.8. The zero-order valence-corrected chi connectivity index (χ0v) is 9.33. The Morgan fingerprint density at radius 3 is 2.94 bits per heavy atom. The molecule has 1 saturated carbocycles. The van der Waals surface area contributed by atoms with Gasteiger partial charge < -0.3 is 4.74 Å². The molecule has 0 atom stereocenters. The lowest BCUT2D eigenvalue weighted by molar-refractivity contribution is -0.446. The van der Waals surface area contributed by atoms with E-state index in [2.05, 4.69) is 28.5 Å². The number of amidine groups is 1. The smallest absolute Gasteiger partial charge is 0.281 e. The maximum atomic E-state index is 5.86. The SMILES string of the molecule is c1ccc(C2CC2)c(OCC2=[NH+]CCN2)c1. The third-order valence-electron chi connectivity index (χ3n) is 3.11. The van der Waals surface area contributed by atoms with Crippen LogP contribution in [0.5, 0.6) is 5.75 Å². The number of benzene rings is 1. The molecule has 84 valence electrons. The molecule has 0 saturated heterocycles. The molecule has 0 spiro atoms. The minimum atomic E-state index is 0.629. The average molecular weight is 217 g/mol. The van der Waals surface area contributed by atoms with Crippen LogP contribution in [0.3, 0.4) is 0 Å². The molecule has 0 bridgehead atoms. The van der Waals surface area contributed by atoms with E-state index in [0.29, 0.717) is 6.61 Å². The van der Waals surface area contributed by atoms with E-state index in [0.717, 1.165) is 30.6 Å². The number of ether oxygens (including phenoxy) is 1. The molecule has 1 aromatic rings. The maximum Gasteiger partial charge on any atom is 0.281 e. The van der Waals surface area contributed by atoms with Crippen LogP contribution in [0.2, 0.25) is 0 Å². The van der Waals surface area contributed by atoms with Gasteiger partial charge >= 0.3 is 0 Å². The lowest BCUT2D eigenvalue weighted by Crippen LogP contribution is -2.71. The van der Waals surface area contributed by atoms with E-state index in [1.165, 1.54) is 18.4 Å². The summed E-state index contributed by atoms with van der Waals surface area (Å²) in [5.41, 5.74) is 1.38. The van der Waals surface area contributed by atoms with Gasteiger partial charge in [-0.1, -0.05) is 18.2 Å². The summed E-state index contributed by atoms with van der Waals surface area (Å²) in [5.74, 6) is 2.89. The molecule has 3 nitrogen and oxygen atoms in total. The van der Waals surface area contributed by atoms with Crippen LogP contribution in [0.25, 0.3) is 0 Å². The van der Waals surface area contributed by atoms with E-state index in [9.17, 15) is 0 Å². The summed E-state index contributed by atoms with van der Waals surface area (Å²) in [6, 6.07) is 8.40. The molecular weight excluding hydrogens is 200 g/mol. The van der Waals surface area contributed by atoms with Gasteiger partial charge in [-0.25, -0.2) is 0 Å². The van der Waals surface area contributed by atoms with Crippen molar-refractivity contribution >= 4 is 5.84 Å². The molecule has 3 heteroatoms. The van der Waals surface area contributed by atoms with E-state index in [1.807, 2.05) is 6.07 Å². The van der Waals surface area contributed by atoms with Crippen LogP contribution in [0.15, 0.2) is 24.3 Å². The molecule has 0 unspecified atom stereocenters. The molecule has 0 aromatic heterocycles.